The van der Waals surface area contributed by atoms with Crippen molar-refractivity contribution in [2.75, 3.05) is 19.0 Å². The molecule has 0 aliphatic heterocycles. The number of carboxylic acid groups (broad SMARTS) is 1. The smallest absolute Gasteiger partial charge is 0.354 e. The predicted molar refractivity (Wildman–Crippen MR) is 68.7 cm³/mol. The minimum absolute atomic E-state index is 0.0121. The van der Waals surface area contributed by atoms with Gasteiger partial charge in [-0.15, -0.1) is 0 Å². The fourth-order valence-corrected chi connectivity index (χ4v) is 1.58. The lowest BCUT2D eigenvalue weighted by Gasteiger charge is -2.12. The summed E-state index contributed by atoms with van der Waals surface area (Å²) < 4.78 is 26.9. The van der Waals surface area contributed by atoms with Crippen LogP contribution in [0.1, 0.15) is 10.5 Å². The molecule has 2 aromatic rings. The molecule has 0 saturated carbocycles. The van der Waals surface area contributed by atoms with E-state index in [9.17, 15) is 13.6 Å². The monoisotopic (exact) mass is 279 g/mol. The van der Waals surface area contributed by atoms with Crippen LogP contribution in [-0.2, 0) is 0 Å². The number of carboxylic acids is 1. The average Bonchev–Trinajstić information content (AvgIpc) is 2.40. The van der Waals surface area contributed by atoms with Crippen molar-refractivity contribution in [3.8, 4) is 11.3 Å². The lowest BCUT2D eigenvalue weighted by Crippen LogP contribution is -2.15. The zero-order chi connectivity index (χ0) is 14.9. The summed E-state index contributed by atoms with van der Waals surface area (Å²) in [5.41, 5.74) is -0.390. The second-order valence-corrected chi connectivity index (χ2v) is 4.26. The van der Waals surface area contributed by atoms with Gasteiger partial charge in [0.1, 0.15) is 11.6 Å². The largest absolute Gasteiger partial charge is 0.477 e. The number of halogens is 2. The van der Waals surface area contributed by atoms with Gasteiger partial charge in [0.25, 0.3) is 0 Å². The summed E-state index contributed by atoms with van der Waals surface area (Å²) in [4.78, 5) is 20.4. The van der Waals surface area contributed by atoms with E-state index in [0.29, 0.717) is 0 Å². The molecule has 0 aliphatic carbocycles. The van der Waals surface area contributed by atoms with Gasteiger partial charge in [-0.05, 0) is 24.3 Å². The van der Waals surface area contributed by atoms with E-state index in [2.05, 4.69) is 9.97 Å². The van der Waals surface area contributed by atoms with Gasteiger partial charge in [-0.2, -0.15) is 0 Å². The maximum atomic E-state index is 13.7. The number of anilines is 1. The first-order valence-corrected chi connectivity index (χ1v) is 5.63. The number of benzene rings is 1. The molecule has 7 heteroatoms. The van der Waals surface area contributed by atoms with Crippen molar-refractivity contribution >= 4 is 11.9 Å². The van der Waals surface area contributed by atoms with Crippen molar-refractivity contribution in [2.45, 2.75) is 0 Å². The topological polar surface area (TPSA) is 66.3 Å². The Morgan fingerprint density at radius 2 is 1.90 bits per heavy atom. The Balaban J connectivity index is 2.66. The van der Waals surface area contributed by atoms with E-state index in [1.54, 1.807) is 14.1 Å². The SMILES string of the molecule is CN(C)c1nc(C(=O)O)cc(-c2cc(F)ccc2F)n1. The lowest BCUT2D eigenvalue weighted by atomic mass is 10.1. The van der Waals surface area contributed by atoms with Crippen LogP contribution in [0.15, 0.2) is 24.3 Å². The van der Waals surface area contributed by atoms with Gasteiger partial charge in [0.2, 0.25) is 5.95 Å². The minimum Gasteiger partial charge on any atom is -0.477 e. The van der Waals surface area contributed by atoms with E-state index in [1.165, 1.54) is 4.90 Å². The molecule has 1 N–H and O–H groups in total. The van der Waals surface area contributed by atoms with E-state index in [1.807, 2.05) is 0 Å². The first kappa shape index (κ1) is 13.9. The fourth-order valence-electron chi connectivity index (χ4n) is 1.58. The number of aromatic carboxylic acids is 1. The molecule has 0 atom stereocenters. The fraction of sp³-hybridized carbons (Fsp3) is 0.154. The molecule has 20 heavy (non-hydrogen) atoms. The van der Waals surface area contributed by atoms with Crippen LogP contribution in [0, 0.1) is 11.6 Å². The van der Waals surface area contributed by atoms with E-state index in [4.69, 9.17) is 5.11 Å². The highest BCUT2D eigenvalue weighted by Gasteiger charge is 2.15. The highest BCUT2D eigenvalue weighted by Crippen LogP contribution is 2.24. The molecule has 5 nitrogen and oxygen atoms in total. The van der Waals surface area contributed by atoms with Crippen LogP contribution in [0.5, 0.6) is 0 Å². The number of aromatic nitrogens is 2. The van der Waals surface area contributed by atoms with Gasteiger partial charge in [-0.1, -0.05) is 0 Å². The molecule has 0 aliphatic rings. The second kappa shape index (κ2) is 5.20. The third-order valence-electron chi connectivity index (χ3n) is 2.54. The molecule has 0 bridgehead atoms. The molecule has 2 rings (SSSR count). The predicted octanol–water partition coefficient (Wildman–Crippen LogP) is 2.19. The highest BCUT2D eigenvalue weighted by molar-refractivity contribution is 5.87. The van der Waals surface area contributed by atoms with E-state index in [-0.39, 0.29) is 22.9 Å². The summed E-state index contributed by atoms with van der Waals surface area (Å²) in [6, 6.07) is 4.00. The zero-order valence-electron chi connectivity index (χ0n) is 10.8. The first-order valence-electron chi connectivity index (χ1n) is 5.63. The normalized spacial score (nSPS) is 10.4. The number of carbonyl (C=O) groups is 1. The average molecular weight is 279 g/mol. The molecule has 0 unspecified atom stereocenters. The van der Waals surface area contributed by atoms with Crippen LogP contribution in [0.4, 0.5) is 14.7 Å². The first-order chi connectivity index (χ1) is 9.38. The van der Waals surface area contributed by atoms with Crippen molar-refractivity contribution in [1.82, 2.24) is 9.97 Å². The molecular formula is C13H11F2N3O2. The molecule has 0 spiro atoms. The molecule has 0 saturated heterocycles. The molecule has 1 heterocycles. The summed E-state index contributed by atoms with van der Waals surface area (Å²) in [5, 5.41) is 9.01. The zero-order valence-corrected chi connectivity index (χ0v) is 10.8. The number of nitrogens with zero attached hydrogens (tertiary/aromatic N) is 3. The molecule has 0 radical (unpaired) electrons. The van der Waals surface area contributed by atoms with Gasteiger partial charge >= 0.3 is 5.97 Å². The molecule has 1 aromatic carbocycles. The van der Waals surface area contributed by atoms with E-state index >= 15 is 0 Å². The molecule has 0 fully saturated rings. The van der Waals surface area contributed by atoms with Crippen molar-refractivity contribution in [3.05, 3.63) is 41.6 Å². The highest BCUT2D eigenvalue weighted by atomic mass is 19.1. The maximum Gasteiger partial charge on any atom is 0.354 e. The summed E-state index contributed by atoms with van der Waals surface area (Å²) in [6.45, 7) is 0. The summed E-state index contributed by atoms with van der Waals surface area (Å²) in [5.74, 6) is -2.49. The van der Waals surface area contributed by atoms with Crippen molar-refractivity contribution < 1.29 is 18.7 Å². The van der Waals surface area contributed by atoms with Gasteiger partial charge in [-0.3, -0.25) is 0 Å². The molecule has 104 valence electrons. The second-order valence-electron chi connectivity index (χ2n) is 4.26. The summed E-state index contributed by atoms with van der Waals surface area (Å²) in [7, 11) is 3.24. The van der Waals surface area contributed by atoms with Crippen LogP contribution < -0.4 is 4.90 Å². The third-order valence-corrected chi connectivity index (χ3v) is 2.54. The van der Waals surface area contributed by atoms with Gasteiger partial charge < -0.3 is 10.0 Å². The Bertz CT molecular complexity index is 675. The maximum absolute atomic E-state index is 13.7. The summed E-state index contributed by atoms with van der Waals surface area (Å²) in [6.07, 6.45) is 0. The van der Waals surface area contributed by atoms with Crippen molar-refractivity contribution in [1.29, 1.82) is 0 Å². The van der Waals surface area contributed by atoms with E-state index in [0.717, 1.165) is 24.3 Å². The van der Waals surface area contributed by atoms with Gasteiger partial charge in [0.05, 0.1) is 5.69 Å². The van der Waals surface area contributed by atoms with Gasteiger partial charge in [0, 0.05) is 19.7 Å². The summed E-state index contributed by atoms with van der Waals surface area (Å²) >= 11 is 0. The van der Waals surface area contributed by atoms with Crippen LogP contribution >= 0.6 is 0 Å². The minimum atomic E-state index is -1.27. The molecule has 1 aromatic heterocycles. The number of rotatable bonds is 3. The van der Waals surface area contributed by atoms with Crippen LogP contribution in [0.25, 0.3) is 11.3 Å². The number of hydrogen-bond donors (Lipinski definition) is 1. The Hall–Kier alpha value is -2.57. The van der Waals surface area contributed by atoms with Crippen LogP contribution in [0.3, 0.4) is 0 Å². The van der Waals surface area contributed by atoms with Crippen LogP contribution in [0.2, 0.25) is 0 Å². The third kappa shape index (κ3) is 2.71. The quantitative estimate of drug-likeness (QED) is 0.932. The lowest BCUT2D eigenvalue weighted by molar-refractivity contribution is 0.0690. The van der Waals surface area contributed by atoms with E-state index < -0.39 is 17.6 Å². The van der Waals surface area contributed by atoms with Crippen LogP contribution in [-0.4, -0.2) is 35.1 Å². The Labute approximate surface area is 113 Å². The Kier molecular flexibility index (Phi) is 3.60. The standard InChI is InChI=1S/C13H11F2N3O2/c1-18(2)13-16-10(6-11(17-13)12(19)20)8-5-7(14)3-4-9(8)15/h3-6H,1-2H3,(H,19,20). The van der Waals surface area contributed by atoms with Gasteiger partial charge in [0.15, 0.2) is 5.69 Å². The number of hydrogen-bond acceptors (Lipinski definition) is 4. The van der Waals surface area contributed by atoms with Gasteiger partial charge in [-0.25, -0.2) is 23.5 Å². The Morgan fingerprint density at radius 1 is 1.20 bits per heavy atom. The molecular weight excluding hydrogens is 268 g/mol. The van der Waals surface area contributed by atoms with Crippen molar-refractivity contribution in [3.63, 3.8) is 0 Å². The Morgan fingerprint density at radius 3 is 2.50 bits per heavy atom. The molecule has 0 amide bonds. The van der Waals surface area contributed by atoms with Crippen molar-refractivity contribution in [2.24, 2.45) is 0 Å².